The standard InChI is InChI=1S/C28H24F3N5O2/c1-17-9-11-32-23(15-35-13-5-7-22(27(35)37)28(29,30)31)21(17)16-38-25-8-4-6-20-24(14-18(2)34-26(20)25)36-19(3)10-12-33-36/h4-14H,15-16H2,1-3H3. The zero-order valence-electron chi connectivity index (χ0n) is 21.0. The molecule has 5 rings (SSSR count). The van der Waals surface area contributed by atoms with Gasteiger partial charge in [-0.2, -0.15) is 18.3 Å². The van der Waals surface area contributed by atoms with Crippen molar-refractivity contribution in [2.45, 2.75) is 40.1 Å². The van der Waals surface area contributed by atoms with Crippen LogP contribution in [0.5, 0.6) is 5.75 Å². The molecule has 0 bridgehead atoms. The highest BCUT2D eigenvalue weighted by Gasteiger charge is 2.34. The molecule has 0 unspecified atom stereocenters. The van der Waals surface area contributed by atoms with Crippen LogP contribution in [0.1, 0.15) is 33.8 Å². The molecule has 0 fully saturated rings. The van der Waals surface area contributed by atoms with Crippen LogP contribution in [0.4, 0.5) is 13.2 Å². The molecule has 0 saturated carbocycles. The van der Waals surface area contributed by atoms with E-state index in [0.29, 0.717) is 22.5 Å². The minimum atomic E-state index is -4.74. The summed E-state index contributed by atoms with van der Waals surface area (Å²) in [6.45, 7) is 5.70. The Morgan fingerprint density at radius 2 is 1.82 bits per heavy atom. The van der Waals surface area contributed by atoms with Gasteiger partial charge in [-0.25, -0.2) is 9.67 Å². The summed E-state index contributed by atoms with van der Waals surface area (Å²) in [5.41, 5.74) is 2.94. The molecule has 0 amide bonds. The number of nitrogens with zero attached hydrogens (tertiary/aromatic N) is 5. The maximum absolute atomic E-state index is 13.3. The lowest BCUT2D eigenvalue weighted by Crippen LogP contribution is -2.29. The van der Waals surface area contributed by atoms with Gasteiger partial charge in [0.25, 0.3) is 5.56 Å². The van der Waals surface area contributed by atoms with Gasteiger partial charge in [-0.3, -0.25) is 9.78 Å². The van der Waals surface area contributed by atoms with Gasteiger partial charge in [-0.1, -0.05) is 12.1 Å². The van der Waals surface area contributed by atoms with Gasteiger partial charge in [0.1, 0.15) is 23.4 Å². The molecule has 0 aliphatic carbocycles. The summed E-state index contributed by atoms with van der Waals surface area (Å²) in [5, 5.41) is 5.29. The van der Waals surface area contributed by atoms with Crippen molar-refractivity contribution in [1.82, 2.24) is 24.3 Å². The van der Waals surface area contributed by atoms with Gasteiger partial charge >= 0.3 is 6.18 Å². The highest BCUT2D eigenvalue weighted by Crippen LogP contribution is 2.31. The summed E-state index contributed by atoms with van der Waals surface area (Å²) < 4.78 is 48.9. The summed E-state index contributed by atoms with van der Waals surface area (Å²) >= 11 is 0. The van der Waals surface area contributed by atoms with Gasteiger partial charge < -0.3 is 9.30 Å². The van der Waals surface area contributed by atoms with E-state index < -0.39 is 17.3 Å². The fourth-order valence-corrected chi connectivity index (χ4v) is 4.41. The number of benzene rings is 1. The number of pyridine rings is 3. The maximum atomic E-state index is 13.3. The second-order valence-electron chi connectivity index (χ2n) is 9.01. The van der Waals surface area contributed by atoms with E-state index in [1.54, 1.807) is 18.5 Å². The van der Waals surface area contributed by atoms with Crippen LogP contribution in [0.15, 0.2) is 71.9 Å². The molecule has 10 heteroatoms. The minimum absolute atomic E-state index is 0.0909. The summed E-state index contributed by atoms with van der Waals surface area (Å²) in [7, 11) is 0. The summed E-state index contributed by atoms with van der Waals surface area (Å²) in [6.07, 6.45) is -0.115. The molecule has 1 aromatic carbocycles. The largest absolute Gasteiger partial charge is 0.487 e. The second-order valence-corrected chi connectivity index (χ2v) is 9.01. The molecule has 38 heavy (non-hydrogen) atoms. The first-order chi connectivity index (χ1) is 18.1. The molecule has 0 radical (unpaired) electrons. The molecule has 5 aromatic rings. The number of ether oxygens (including phenoxy) is 1. The molecule has 7 nitrogen and oxygen atoms in total. The molecular formula is C28H24F3N5O2. The van der Waals surface area contributed by atoms with E-state index in [2.05, 4.69) is 10.1 Å². The van der Waals surface area contributed by atoms with Crippen LogP contribution in [0.3, 0.4) is 0 Å². The van der Waals surface area contributed by atoms with Gasteiger partial charge in [-0.05, 0) is 62.7 Å². The van der Waals surface area contributed by atoms with E-state index >= 15 is 0 Å². The Hall–Kier alpha value is -4.47. The Balaban J connectivity index is 1.50. The number of hydrogen-bond donors (Lipinski definition) is 0. The first kappa shape index (κ1) is 25.2. The van der Waals surface area contributed by atoms with E-state index in [4.69, 9.17) is 9.72 Å². The average Bonchev–Trinajstić information content (AvgIpc) is 3.29. The molecule has 0 N–H and O–H groups in total. The zero-order valence-corrected chi connectivity index (χ0v) is 21.0. The lowest BCUT2D eigenvalue weighted by atomic mass is 10.1. The highest BCUT2D eigenvalue weighted by molar-refractivity contribution is 5.91. The van der Waals surface area contributed by atoms with Gasteiger partial charge in [0.15, 0.2) is 0 Å². The predicted octanol–water partition coefficient (Wildman–Crippen LogP) is 5.55. The summed E-state index contributed by atoms with van der Waals surface area (Å²) in [6, 6.07) is 13.3. The molecular weight excluding hydrogens is 495 g/mol. The van der Waals surface area contributed by atoms with Crippen LogP contribution >= 0.6 is 0 Å². The molecule has 4 heterocycles. The SMILES string of the molecule is Cc1cc(-n2nccc2C)c2cccc(OCc3c(C)ccnc3Cn3cccc(C(F)(F)F)c3=O)c2n1. The lowest BCUT2D eigenvalue weighted by Gasteiger charge is -2.16. The fourth-order valence-electron chi connectivity index (χ4n) is 4.41. The van der Waals surface area contributed by atoms with Crippen LogP contribution in [0, 0.1) is 20.8 Å². The van der Waals surface area contributed by atoms with E-state index in [0.717, 1.165) is 38.7 Å². The maximum Gasteiger partial charge on any atom is 0.421 e. The molecule has 0 atom stereocenters. The van der Waals surface area contributed by atoms with Gasteiger partial charge in [0, 0.05) is 40.9 Å². The average molecular weight is 520 g/mol. The quantitative estimate of drug-likeness (QED) is 0.294. The molecule has 0 spiro atoms. The summed E-state index contributed by atoms with van der Waals surface area (Å²) in [5.74, 6) is 0.544. The number of rotatable bonds is 6. The molecule has 4 aromatic heterocycles. The number of aryl methyl sites for hydroxylation is 3. The lowest BCUT2D eigenvalue weighted by molar-refractivity contribution is -0.138. The normalized spacial score (nSPS) is 11.7. The van der Waals surface area contributed by atoms with Crippen molar-refractivity contribution >= 4 is 10.9 Å². The van der Waals surface area contributed by atoms with Crippen molar-refractivity contribution in [2.24, 2.45) is 0 Å². The molecule has 0 aliphatic heterocycles. The number of hydrogen-bond acceptors (Lipinski definition) is 5. The van der Waals surface area contributed by atoms with Crippen LogP contribution in [0.2, 0.25) is 0 Å². The van der Waals surface area contributed by atoms with Crippen molar-refractivity contribution in [1.29, 1.82) is 0 Å². The van der Waals surface area contributed by atoms with Crippen molar-refractivity contribution in [2.75, 3.05) is 0 Å². The third kappa shape index (κ3) is 4.77. The number of halogens is 3. The van der Waals surface area contributed by atoms with Gasteiger partial charge in [-0.15, -0.1) is 0 Å². The third-order valence-electron chi connectivity index (χ3n) is 6.37. The van der Waals surface area contributed by atoms with Crippen LogP contribution in [-0.4, -0.2) is 24.3 Å². The molecule has 0 saturated heterocycles. The Morgan fingerprint density at radius 3 is 2.55 bits per heavy atom. The highest BCUT2D eigenvalue weighted by atomic mass is 19.4. The number of aromatic nitrogens is 5. The monoisotopic (exact) mass is 519 g/mol. The van der Waals surface area contributed by atoms with E-state index in [9.17, 15) is 18.0 Å². The van der Waals surface area contributed by atoms with Crippen molar-refractivity contribution in [3.05, 3.63) is 111 Å². The Labute approximate surface area is 216 Å². The fraction of sp³-hybridized carbons (Fsp3) is 0.214. The molecule has 0 aliphatic rings. The first-order valence-corrected chi connectivity index (χ1v) is 11.9. The Kier molecular flexibility index (Phi) is 6.48. The predicted molar refractivity (Wildman–Crippen MR) is 136 cm³/mol. The van der Waals surface area contributed by atoms with Gasteiger partial charge in [0.2, 0.25) is 0 Å². The van der Waals surface area contributed by atoms with Crippen molar-refractivity contribution in [3.63, 3.8) is 0 Å². The first-order valence-electron chi connectivity index (χ1n) is 11.9. The Morgan fingerprint density at radius 1 is 1.00 bits per heavy atom. The minimum Gasteiger partial charge on any atom is -0.487 e. The number of alkyl halides is 3. The van der Waals surface area contributed by atoms with E-state index in [1.165, 1.54) is 12.3 Å². The van der Waals surface area contributed by atoms with E-state index in [-0.39, 0.29) is 13.2 Å². The third-order valence-corrected chi connectivity index (χ3v) is 6.37. The number of fused-ring (bicyclic) bond motifs is 1. The topological polar surface area (TPSA) is 74.8 Å². The number of para-hydroxylation sites is 1. The Bertz CT molecular complexity index is 1710. The van der Waals surface area contributed by atoms with Crippen molar-refractivity contribution < 1.29 is 17.9 Å². The van der Waals surface area contributed by atoms with E-state index in [1.807, 2.05) is 55.8 Å². The van der Waals surface area contributed by atoms with Crippen LogP contribution in [0.25, 0.3) is 16.6 Å². The van der Waals surface area contributed by atoms with Crippen LogP contribution in [-0.2, 0) is 19.3 Å². The zero-order chi connectivity index (χ0) is 27.0. The molecule has 194 valence electrons. The second kappa shape index (κ2) is 9.77. The van der Waals surface area contributed by atoms with Gasteiger partial charge in [0.05, 0.1) is 17.9 Å². The van der Waals surface area contributed by atoms with Crippen molar-refractivity contribution in [3.8, 4) is 11.4 Å². The smallest absolute Gasteiger partial charge is 0.421 e. The van der Waals surface area contributed by atoms with Crippen LogP contribution < -0.4 is 10.3 Å². The summed E-state index contributed by atoms with van der Waals surface area (Å²) in [4.78, 5) is 21.6.